The van der Waals surface area contributed by atoms with Crippen molar-refractivity contribution in [2.75, 3.05) is 0 Å². The maximum absolute atomic E-state index is 11.4. The Hall–Kier alpha value is -3.14. The zero-order valence-electron chi connectivity index (χ0n) is 11.3. The number of aromatic carboxylic acids is 2. The summed E-state index contributed by atoms with van der Waals surface area (Å²) in [5, 5.41) is 20.1. The van der Waals surface area contributed by atoms with Gasteiger partial charge in [0.1, 0.15) is 0 Å². The van der Waals surface area contributed by atoms with E-state index in [4.69, 9.17) is 5.11 Å². The number of carboxylic acid groups (broad SMARTS) is 2. The predicted molar refractivity (Wildman–Crippen MR) is 82.3 cm³/mol. The number of fused-ring (bicyclic) bond motifs is 3. The molecule has 0 aromatic heterocycles. The molecule has 2 N–H and O–H groups in total. The van der Waals surface area contributed by atoms with Crippen LogP contribution < -0.4 is 0 Å². The summed E-state index contributed by atoms with van der Waals surface area (Å²) in [5.74, 6) is -1.94. The third-order valence-electron chi connectivity index (χ3n) is 4.12. The number of hydrogen-bond acceptors (Lipinski definition) is 2. The minimum atomic E-state index is -0.975. The standard InChI is InChI=1S/C18H10O4/c19-17(20)9-4-5-10-11-2-1-3-12-14(18(21)22)7-6-13(16(11)12)15(10)8-9/h1-8H,(H,19,20)(H,21,22). The Kier molecular flexibility index (Phi) is 2.39. The first-order valence-electron chi connectivity index (χ1n) is 6.75. The van der Waals surface area contributed by atoms with E-state index < -0.39 is 11.9 Å². The van der Waals surface area contributed by atoms with Gasteiger partial charge in [-0.15, -0.1) is 0 Å². The normalized spacial score (nSPS) is 11.5. The van der Waals surface area contributed by atoms with Crippen LogP contribution in [0.4, 0.5) is 0 Å². The largest absolute Gasteiger partial charge is 0.478 e. The van der Waals surface area contributed by atoms with Crippen molar-refractivity contribution in [3.63, 3.8) is 0 Å². The van der Waals surface area contributed by atoms with Crippen LogP contribution in [0.15, 0.2) is 48.5 Å². The van der Waals surface area contributed by atoms with Crippen LogP contribution >= 0.6 is 0 Å². The number of rotatable bonds is 2. The maximum Gasteiger partial charge on any atom is 0.336 e. The lowest BCUT2D eigenvalue weighted by Gasteiger charge is -2.05. The van der Waals surface area contributed by atoms with Crippen molar-refractivity contribution in [1.29, 1.82) is 0 Å². The first kappa shape index (κ1) is 12.6. The van der Waals surface area contributed by atoms with Crippen LogP contribution in [0, 0.1) is 0 Å². The van der Waals surface area contributed by atoms with Crippen LogP contribution in [-0.4, -0.2) is 22.2 Å². The van der Waals surface area contributed by atoms with Crippen LogP contribution in [0.2, 0.25) is 0 Å². The summed E-state index contributed by atoms with van der Waals surface area (Å²) in [6, 6.07) is 13.9. The van der Waals surface area contributed by atoms with E-state index in [1.165, 1.54) is 0 Å². The van der Waals surface area contributed by atoms with E-state index in [1.807, 2.05) is 12.1 Å². The van der Waals surface area contributed by atoms with Gasteiger partial charge < -0.3 is 10.2 Å². The average Bonchev–Trinajstić information content (AvgIpc) is 2.83. The van der Waals surface area contributed by atoms with Gasteiger partial charge in [0.2, 0.25) is 0 Å². The Morgan fingerprint density at radius 3 is 2.18 bits per heavy atom. The van der Waals surface area contributed by atoms with Crippen molar-refractivity contribution in [2.45, 2.75) is 0 Å². The van der Waals surface area contributed by atoms with Crippen molar-refractivity contribution < 1.29 is 19.8 Å². The minimum absolute atomic E-state index is 0.224. The molecule has 0 fully saturated rings. The average molecular weight is 290 g/mol. The minimum Gasteiger partial charge on any atom is -0.478 e. The molecular formula is C18H10O4. The van der Waals surface area contributed by atoms with E-state index in [0.717, 1.165) is 27.6 Å². The monoisotopic (exact) mass is 290 g/mol. The molecule has 1 aliphatic rings. The molecule has 0 aliphatic heterocycles. The van der Waals surface area contributed by atoms with E-state index in [-0.39, 0.29) is 11.1 Å². The van der Waals surface area contributed by atoms with Crippen molar-refractivity contribution >= 4 is 22.7 Å². The summed E-state index contributed by atoms with van der Waals surface area (Å²) in [6.07, 6.45) is 0. The Morgan fingerprint density at radius 2 is 1.45 bits per heavy atom. The van der Waals surface area contributed by atoms with E-state index in [0.29, 0.717) is 5.39 Å². The summed E-state index contributed by atoms with van der Waals surface area (Å²) in [6.45, 7) is 0. The molecule has 0 bridgehead atoms. The summed E-state index contributed by atoms with van der Waals surface area (Å²) in [5.41, 5.74) is 4.08. The number of carbonyl (C=O) groups is 2. The lowest BCUT2D eigenvalue weighted by atomic mass is 9.98. The van der Waals surface area contributed by atoms with Gasteiger partial charge in [0.05, 0.1) is 11.1 Å². The third kappa shape index (κ3) is 1.52. The number of benzene rings is 3. The van der Waals surface area contributed by atoms with Crippen LogP contribution in [0.3, 0.4) is 0 Å². The van der Waals surface area contributed by atoms with Gasteiger partial charge in [-0.1, -0.05) is 30.3 Å². The fraction of sp³-hybridized carbons (Fsp3) is 0. The van der Waals surface area contributed by atoms with Crippen molar-refractivity contribution in [2.24, 2.45) is 0 Å². The second kappa shape index (κ2) is 4.18. The van der Waals surface area contributed by atoms with Crippen LogP contribution in [0.5, 0.6) is 0 Å². The molecule has 3 aromatic rings. The van der Waals surface area contributed by atoms with E-state index >= 15 is 0 Å². The smallest absolute Gasteiger partial charge is 0.336 e. The topological polar surface area (TPSA) is 74.6 Å². The first-order chi connectivity index (χ1) is 10.6. The van der Waals surface area contributed by atoms with Gasteiger partial charge in [-0.25, -0.2) is 9.59 Å². The number of hydrogen-bond donors (Lipinski definition) is 2. The van der Waals surface area contributed by atoms with E-state index in [2.05, 4.69) is 0 Å². The molecule has 0 spiro atoms. The molecule has 4 nitrogen and oxygen atoms in total. The van der Waals surface area contributed by atoms with Crippen LogP contribution in [-0.2, 0) is 0 Å². The van der Waals surface area contributed by atoms with Crippen molar-refractivity contribution in [1.82, 2.24) is 0 Å². The highest BCUT2D eigenvalue weighted by atomic mass is 16.4. The van der Waals surface area contributed by atoms with Gasteiger partial charge in [-0.3, -0.25) is 0 Å². The van der Waals surface area contributed by atoms with Gasteiger partial charge >= 0.3 is 11.9 Å². The molecule has 4 rings (SSSR count). The van der Waals surface area contributed by atoms with Crippen molar-refractivity contribution in [3.05, 3.63) is 59.7 Å². The Labute approximate surface area is 125 Å². The molecule has 106 valence electrons. The molecular weight excluding hydrogens is 280 g/mol. The molecule has 1 aliphatic carbocycles. The molecule has 4 heteroatoms. The molecule has 0 saturated carbocycles. The van der Waals surface area contributed by atoms with Gasteiger partial charge in [-0.05, 0) is 51.2 Å². The fourth-order valence-electron chi connectivity index (χ4n) is 3.18. The quantitative estimate of drug-likeness (QED) is 0.587. The van der Waals surface area contributed by atoms with Gasteiger partial charge in [0, 0.05) is 0 Å². The van der Waals surface area contributed by atoms with Gasteiger partial charge in [0.15, 0.2) is 0 Å². The lowest BCUT2D eigenvalue weighted by molar-refractivity contribution is 0.0687. The van der Waals surface area contributed by atoms with Gasteiger partial charge in [-0.2, -0.15) is 0 Å². The molecule has 3 aromatic carbocycles. The lowest BCUT2D eigenvalue weighted by Crippen LogP contribution is -1.97. The SMILES string of the molecule is O=C(O)c1ccc2c(c1)-c1ccc(C(=O)O)c3cccc-2c13. The highest BCUT2D eigenvalue weighted by molar-refractivity contribution is 6.20. The molecule has 0 atom stereocenters. The van der Waals surface area contributed by atoms with Crippen LogP contribution in [0.25, 0.3) is 33.0 Å². The highest BCUT2D eigenvalue weighted by Crippen LogP contribution is 2.48. The second-order valence-corrected chi connectivity index (χ2v) is 5.26. The summed E-state index contributed by atoms with van der Waals surface area (Å²) >= 11 is 0. The first-order valence-corrected chi connectivity index (χ1v) is 6.75. The Balaban J connectivity index is 2.12. The highest BCUT2D eigenvalue weighted by Gasteiger charge is 2.24. The molecule has 0 heterocycles. The third-order valence-corrected chi connectivity index (χ3v) is 4.12. The van der Waals surface area contributed by atoms with E-state index in [1.54, 1.807) is 36.4 Å². The second-order valence-electron chi connectivity index (χ2n) is 5.26. The molecule has 0 unspecified atom stereocenters. The summed E-state index contributed by atoms with van der Waals surface area (Å²) in [4.78, 5) is 22.6. The van der Waals surface area contributed by atoms with Crippen molar-refractivity contribution in [3.8, 4) is 22.3 Å². The molecule has 0 saturated heterocycles. The van der Waals surface area contributed by atoms with E-state index in [9.17, 15) is 14.7 Å². The zero-order chi connectivity index (χ0) is 15.4. The summed E-state index contributed by atoms with van der Waals surface area (Å²) < 4.78 is 0. The zero-order valence-corrected chi connectivity index (χ0v) is 11.3. The predicted octanol–water partition coefficient (Wildman–Crippen LogP) is 3.88. The summed E-state index contributed by atoms with van der Waals surface area (Å²) in [7, 11) is 0. The van der Waals surface area contributed by atoms with Gasteiger partial charge in [0.25, 0.3) is 0 Å². The molecule has 0 amide bonds. The molecule has 22 heavy (non-hydrogen) atoms. The molecule has 0 radical (unpaired) electrons. The number of carboxylic acids is 2. The van der Waals surface area contributed by atoms with Crippen LogP contribution in [0.1, 0.15) is 20.7 Å². The Bertz CT molecular complexity index is 986. The maximum atomic E-state index is 11.4. The Morgan fingerprint density at radius 1 is 0.727 bits per heavy atom. The fourth-order valence-corrected chi connectivity index (χ4v) is 3.18.